The predicted molar refractivity (Wildman–Crippen MR) is 115 cm³/mol. The number of carbonyl (C=O) groups excluding carboxylic acids is 2. The summed E-state index contributed by atoms with van der Waals surface area (Å²) in [5.74, 6) is 0.426. The molecule has 1 atom stereocenters. The Morgan fingerprint density at radius 1 is 0.806 bits per heavy atom. The van der Waals surface area contributed by atoms with Gasteiger partial charge in [-0.25, -0.2) is 8.42 Å². The van der Waals surface area contributed by atoms with E-state index in [1.807, 2.05) is 48.5 Å². The summed E-state index contributed by atoms with van der Waals surface area (Å²) >= 11 is 0. The lowest BCUT2D eigenvalue weighted by molar-refractivity contribution is -0.142. The second kappa shape index (κ2) is 7.67. The monoisotopic (exact) mass is 440 g/mol. The van der Waals surface area contributed by atoms with Crippen LogP contribution in [0.5, 0.6) is 11.5 Å². The van der Waals surface area contributed by atoms with Crippen molar-refractivity contribution in [1.29, 1.82) is 0 Å². The standard InChI is InChI=1S/C23H24N2O5S/c26-22(16-9-14-31(28,29)15-16)24-10-12-25(13-11-24)23(27)21-17-5-1-3-7-19(17)30-20-8-4-2-6-18(20)21/h1-8,16,21H,9-15H2. The number of amides is 2. The first-order valence-corrected chi connectivity index (χ1v) is 12.4. The molecule has 3 heterocycles. The SMILES string of the molecule is O=C(C1CCS(=O)(=O)C1)N1CCN(C(=O)C2c3ccccc3Oc3ccccc32)CC1. The highest BCUT2D eigenvalue weighted by atomic mass is 32.2. The molecule has 1 unspecified atom stereocenters. The summed E-state index contributed by atoms with van der Waals surface area (Å²) in [6, 6.07) is 15.2. The average Bonchev–Trinajstić information content (AvgIpc) is 3.16. The minimum absolute atomic E-state index is 0.00116. The maximum Gasteiger partial charge on any atom is 0.234 e. The van der Waals surface area contributed by atoms with Crippen LogP contribution in [0.25, 0.3) is 0 Å². The quantitative estimate of drug-likeness (QED) is 0.714. The lowest BCUT2D eigenvalue weighted by Gasteiger charge is -2.38. The molecule has 0 N–H and O–H groups in total. The number of fused-ring (bicyclic) bond motifs is 2. The van der Waals surface area contributed by atoms with Crippen LogP contribution in [0.4, 0.5) is 0 Å². The molecule has 5 rings (SSSR count). The van der Waals surface area contributed by atoms with Crippen molar-refractivity contribution < 1.29 is 22.7 Å². The number of benzene rings is 2. The Morgan fingerprint density at radius 3 is 1.84 bits per heavy atom. The number of hydrogen-bond acceptors (Lipinski definition) is 5. The molecule has 0 radical (unpaired) electrons. The van der Waals surface area contributed by atoms with Crippen LogP contribution in [0.3, 0.4) is 0 Å². The van der Waals surface area contributed by atoms with E-state index in [1.165, 1.54) is 0 Å². The summed E-state index contributed by atoms with van der Waals surface area (Å²) in [5.41, 5.74) is 1.70. The number of ether oxygens (including phenoxy) is 1. The van der Waals surface area contributed by atoms with Crippen molar-refractivity contribution >= 4 is 21.7 Å². The highest BCUT2D eigenvalue weighted by Crippen LogP contribution is 2.44. The lowest BCUT2D eigenvalue weighted by Crippen LogP contribution is -2.53. The van der Waals surface area contributed by atoms with Gasteiger partial charge in [0.05, 0.1) is 23.3 Å². The summed E-state index contributed by atoms with van der Waals surface area (Å²) in [5, 5.41) is 0. The maximum atomic E-state index is 13.6. The summed E-state index contributed by atoms with van der Waals surface area (Å²) in [6.07, 6.45) is 0.399. The molecule has 2 saturated heterocycles. The van der Waals surface area contributed by atoms with Crippen molar-refractivity contribution in [2.75, 3.05) is 37.7 Å². The Balaban J connectivity index is 1.32. The van der Waals surface area contributed by atoms with Crippen LogP contribution >= 0.6 is 0 Å². The molecule has 0 bridgehead atoms. The van der Waals surface area contributed by atoms with Crippen molar-refractivity contribution in [2.24, 2.45) is 5.92 Å². The zero-order valence-corrected chi connectivity index (χ0v) is 17.9. The van der Waals surface area contributed by atoms with E-state index in [0.717, 1.165) is 11.1 Å². The topological polar surface area (TPSA) is 84.0 Å². The van der Waals surface area contributed by atoms with Crippen molar-refractivity contribution in [3.8, 4) is 11.5 Å². The van der Waals surface area contributed by atoms with Crippen LogP contribution in [-0.4, -0.2) is 67.7 Å². The summed E-state index contributed by atoms with van der Waals surface area (Å²) in [6.45, 7) is 1.72. The van der Waals surface area contributed by atoms with Crippen molar-refractivity contribution in [2.45, 2.75) is 12.3 Å². The first kappa shape index (κ1) is 20.1. The number of para-hydroxylation sites is 2. The molecule has 3 aliphatic rings. The van der Waals surface area contributed by atoms with Crippen LogP contribution in [-0.2, 0) is 19.4 Å². The third-order valence-electron chi connectivity index (χ3n) is 6.41. The molecule has 0 spiro atoms. The number of carbonyl (C=O) groups is 2. The van der Waals surface area contributed by atoms with Crippen LogP contribution in [0.2, 0.25) is 0 Å². The molecule has 0 saturated carbocycles. The van der Waals surface area contributed by atoms with E-state index >= 15 is 0 Å². The highest BCUT2D eigenvalue weighted by Gasteiger charge is 2.39. The minimum atomic E-state index is -3.10. The first-order valence-electron chi connectivity index (χ1n) is 10.6. The van der Waals surface area contributed by atoms with Gasteiger partial charge in [0, 0.05) is 37.3 Å². The van der Waals surface area contributed by atoms with E-state index in [4.69, 9.17) is 4.74 Å². The normalized spacial score (nSPS) is 22.4. The molecule has 162 valence electrons. The van der Waals surface area contributed by atoms with E-state index in [-0.39, 0.29) is 23.3 Å². The first-order chi connectivity index (χ1) is 14.9. The lowest BCUT2D eigenvalue weighted by atomic mass is 9.86. The van der Waals surface area contributed by atoms with E-state index in [0.29, 0.717) is 44.1 Å². The van der Waals surface area contributed by atoms with Crippen LogP contribution in [0.15, 0.2) is 48.5 Å². The molecule has 2 amide bonds. The fourth-order valence-corrected chi connectivity index (χ4v) is 6.49. The fourth-order valence-electron chi connectivity index (χ4n) is 4.75. The van der Waals surface area contributed by atoms with Gasteiger partial charge in [0.2, 0.25) is 11.8 Å². The van der Waals surface area contributed by atoms with Gasteiger partial charge in [-0.15, -0.1) is 0 Å². The van der Waals surface area contributed by atoms with Gasteiger partial charge in [-0.1, -0.05) is 36.4 Å². The van der Waals surface area contributed by atoms with Gasteiger partial charge < -0.3 is 14.5 Å². The molecule has 3 aliphatic heterocycles. The molecule has 0 aliphatic carbocycles. The number of sulfone groups is 1. The van der Waals surface area contributed by atoms with Crippen molar-refractivity contribution in [3.05, 3.63) is 59.7 Å². The molecular weight excluding hydrogens is 416 g/mol. The van der Waals surface area contributed by atoms with Gasteiger partial charge in [-0.05, 0) is 18.6 Å². The fraction of sp³-hybridized carbons (Fsp3) is 0.391. The minimum Gasteiger partial charge on any atom is -0.457 e. The predicted octanol–water partition coefficient (Wildman–Crippen LogP) is 2.03. The van der Waals surface area contributed by atoms with Gasteiger partial charge >= 0.3 is 0 Å². The van der Waals surface area contributed by atoms with Crippen LogP contribution < -0.4 is 4.74 Å². The van der Waals surface area contributed by atoms with Gasteiger partial charge in [0.25, 0.3) is 0 Å². The Bertz CT molecular complexity index is 1090. The molecule has 8 heteroatoms. The zero-order valence-electron chi connectivity index (χ0n) is 17.1. The summed E-state index contributed by atoms with van der Waals surface area (Å²) in [4.78, 5) is 29.8. The van der Waals surface area contributed by atoms with E-state index in [1.54, 1.807) is 9.80 Å². The van der Waals surface area contributed by atoms with E-state index in [2.05, 4.69) is 0 Å². The second-order valence-corrected chi connectivity index (χ2v) is 10.6. The molecule has 0 aromatic heterocycles. The van der Waals surface area contributed by atoms with E-state index < -0.39 is 21.7 Å². The summed E-state index contributed by atoms with van der Waals surface area (Å²) in [7, 11) is -3.10. The maximum absolute atomic E-state index is 13.6. The third-order valence-corrected chi connectivity index (χ3v) is 8.18. The molecule has 31 heavy (non-hydrogen) atoms. The van der Waals surface area contributed by atoms with Gasteiger partial charge in [0.1, 0.15) is 11.5 Å². The third kappa shape index (κ3) is 3.69. The second-order valence-electron chi connectivity index (χ2n) is 8.36. The van der Waals surface area contributed by atoms with Crippen LogP contribution in [0, 0.1) is 5.92 Å². The Labute approximate surface area is 181 Å². The number of nitrogens with zero attached hydrogens (tertiary/aromatic N) is 2. The molecule has 2 aromatic carbocycles. The average molecular weight is 441 g/mol. The zero-order chi connectivity index (χ0) is 21.6. The Morgan fingerprint density at radius 2 is 1.32 bits per heavy atom. The number of piperazine rings is 1. The largest absolute Gasteiger partial charge is 0.457 e. The van der Waals surface area contributed by atoms with Crippen molar-refractivity contribution in [3.63, 3.8) is 0 Å². The number of hydrogen-bond donors (Lipinski definition) is 0. The van der Waals surface area contributed by atoms with Crippen LogP contribution in [0.1, 0.15) is 23.5 Å². The Hall–Kier alpha value is -2.87. The number of rotatable bonds is 2. The smallest absolute Gasteiger partial charge is 0.234 e. The molecule has 2 aromatic rings. The molecule has 7 nitrogen and oxygen atoms in total. The van der Waals surface area contributed by atoms with Gasteiger partial charge in [-0.2, -0.15) is 0 Å². The van der Waals surface area contributed by atoms with Gasteiger partial charge in [-0.3, -0.25) is 9.59 Å². The van der Waals surface area contributed by atoms with Crippen molar-refractivity contribution in [1.82, 2.24) is 9.80 Å². The van der Waals surface area contributed by atoms with Gasteiger partial charge in [0.15, 0.2) is 9.84 Å². The molecule has 2 fully saturated rings. The summed E-state index contributed by atoms with van der Waals surface area (Å²) < 4.78 is 29.4. The Kier molecular flexibility index (Phi) is 4.97. The van der Waals surface area contributed by atoms with E-state index in [9.17, 15) is 18.0 Å². The highest BCUT2D eigenvalue weighted by molar-refractivity contribution is 7.91. The molecular formula is C23H24N2O5S.